The van der Waals surface area contributed by atoms with E-state index in [4.69, 9.17) is 4.74 Å². The topological polar surface area (TPSA) is 26.3 Å². The third-order valence-electron chi connectivity index (χ3n) is 3.33. The van der Waals surface area contributed by atoms with E-state index in [1.54, 1.807) is 0 Å². The summed E-state index contributed by atoms with van der Waals surface area (Å²) < 4.78 is 6.55. The molecule has 0 N–H and O–H groups in total. The molecule has 0 fully saturated rings. The van der Waals surface area contributed by atoms with Crippen LogP contribution in [0.25, 0.3) is 0 Å². The number of carbonyl (C=O) groups excluding carboxylic acids is 1. The van der Waals surface area contributed by atoms with Gasteiger partial charge in [-0.3, -0.25) is 4.79 Å². The molecule has 1 unspecified atom stereocenters. The number of benzene rings is 1. The molecule has 0 amide bonds. The van der Waals surface area contributed by atoms with Gasteiger partial charge in [-0.25, -0.2) is 0 Å². The van der Waals surface area contributed by atoms with Crippen LogP contribution in [-0.2, 0) is 0 Å². The molecule has 3 rings (SSSR count). The van der Waals surface area contributed by atoms with Gasteiger partial charge in [-0.1, -0.05) is 28.1 Å². The Morgan fingerprint density at radius 1 is 1.33 bits per heavy atom. The van der Waals surface area contributed by atoms with Crippen molar-refractivity contribution >= 4 is 21.7 Å². The molecule has 1 aromatic carbocycles. The maximum atomic E-state index is 12.2. The summed E-state index contributed by atoms with van der Waals surface area (Å²) in [7, 11) is 0. The van der Waals surface area contributed by atoms with Crippen LogP contribution in [0, 0.1) is 5.92 Å². The third-order valence-corrected chi connectivity index (χ3v) is 3.82. The predicted molar refractivity (Wildman–Crippen MR) is 73.7 cm³/mol. The van der Waals surface area contributed by atoms with Crippen LogP contribution in [0.2, 0.25) is 0 Å². The molecule has 18 heavy (non-hydrogen) atoms. The Hall–Kier alpha value is -1.35. The minimum atomic E-state index is 0.000790. The Morgan fingerprint density at radius 3 is 3.00 bits per heavy atom. The minimum absolute atomic E-state index is 0.000790. The Morgan fingerprint density at radius 2 is 2.22 bits per heavy atom. The van der Waals surface area contributed by atoms with E-state index < -0.39 is 0 Å². The zero-order chi connectivity index (χ0) is 12.5. The summed E-state index contributed by atoms with van der Waals surface area (Å²) in [6.07, 6.45) is 9.53. The molecule has 0 bridgehead atoms. The van der Waals surface area contributed by atoms with Gasteiger partial charge in [-0.2, -0.15) is 0 Å². The zero-order valence-corrected chi connectivity index (χ0v) is 11.4. The first-order chi connectivity index (χ1) is 8.74. The summed E-state index contributed by atoms with van der Waals surface area (Å²) >= 11 is 3.37. The average Bonchev–Trinajstić information content (AvgIpc) is 2.68. The second-order valence-electron chi connectivity index (χ2n) is 4.65. The van der Waals surface area contributed by atoms with E-state index >= 15 is 0 Å². The van der Waals surface area contributed by atoms with Crippen molar-refractivity contribution in [3.63, 3.8) is 0 Å². The average molecular weight is 305 g/mol. The fourth-order valence-corrected chi connectivity index (χ4v) is 2.72. The molecular weight excluding hydrogens is 292 g/mol. The Labute approximate surface area is 114 Å². The van der Waals surface area contributed by atoms with Crippen molar-refractivity contribution in [2.45, 2.75) is 19.3 Å². The highest BCUT2D eigenvalue weighted by atomic mass is 79.9. The summed E-state index contributed by atoms with van der Waals surface area (Å²) in [4.78, 5) is 12.2. The van der Waals surface area contributed by atoms with Crippen LogP contribution in [-0.4, -0.2) is 5.78 Å². The summed E-state index contributed by atoms with van der Waals surface area (Å²) in [6, 6.07) is 5.54. The SMILES string of the molecule is O=C1/C(=C/C2CC=CCC2)Oc2ccc(Br)cc21. The van der Waals surface area contributed by atoms with Gasteiger partial charge in [0.1, 0.15) is 5.75 Å². The van der Waals surface area contributed by atoms with Crippen LogP contribution in [0.15, 0.2) is 46.7 Å². The van der Waals surface area contributed by atoms with Crippen molar-refractivity contribution in [1.82, 2.24) is 0 Å². The molecule has 0 saturated heterocycles. The number of hydrogen-bond acceptors (Lipinski definition) is 2. The first-order valence-electron chi connectivity index (χ1n) is 6.13. The van der Waals surface area contributed by atoms with Crippen LogP contribution in [0.5, 0.6) is 5.75 Å². The van der Waals surface area contributed by atoms with Crippen LogP contribution in [0.4, 0.5) is 0 Å². The van der Waals surface area contributed by atoms with Gasteiger partial charge in [-0.05, 0) is 49.5 Å². The fourth-order valence-electron chi connectivity index (χ4n) is 2.36. The van der Waals surface area contributed by atoms with Gasteiger partial charge in [0.05, 0.1) is 5.56 Å². The molecule has 0 aromatic heterocycles. The molecule has 1 aromatic rings. The lowest BCUT2D eigenvalue weighted by Gasteiger charge is -2.13. The summed E-state index contributed by atoms with van der Waals surface area (Å²) in [5.41, 5.74) is 0.655. The predicted octanol–water partition coefficient (Wildman–Crippen LogP) is 4.26. The van der Waals surface area contributed by atoms with E-state index in [1.165, 1.54) is 0 Å². The minimum Gasteiger partial charge on any atom is -0.453 e. The number of hydrogen-bond donors (Lipinski definition) is 0. The van der Waals surface area contributed by atoms with Crippen LogP contribution in [0.1, 0.15) is 29.6 Å². The number of halogens is 1. The highest BCUT2D eigenvalue weighted by Crippen LogP contribution is 2.34. The van der Waals surface area contributed by atoms with Crippen molar-refractivity contribution < 1.29 is 9.53 Å². The molecular formula is C15H13BrO2. The number of Topliss-reactive ketones (excluding diaryl/α,β-unsaturated/α-hetero) is 1. The number of ether oxygens (including phenoxy) is 1. The highest BCUT2D eigenvalue weighted by Gasteiger charge is 2.28. The van der Waals surface area contributed by atoms with Crippen LogP contribution in [0.3, 0.4) is 0 Å². The lowest BCUT2D eigenvalue weighted by Crippen LogP contribution is -2.05. The molecule has 92 valence electrons. The van der Waals surface area contributed by atoms with Crippen LogP contribution >= 0.6 is 15.9 Å². The standard InChI is InChI=1S/C15H13BrO2/c16-11-6-7-13-12(9-11)15(17)14(18-13)8-10-4-2-1-3-5-10/h1-2,6-10H,3-5H2/b14-8-. The fraction of sp³-hybridized carbons (Fsp3) is 0.267. The molecule has 0 spiro atoms. The van der Waals surface area contributed by atoms with Crippen molar-refractivity contribution in [3.05, 3.63) is 52.2 Å². The molecule has 2 nitrogen and oxygen atoms in total. The number of rotatable bonds is 1. The molecule has 1 aliphatic heterocycles. The number of fused-ring (bicyclic) bond motifs is 1. The van der Waals surface area contributed by atoms with Gasteiger partial charge in [-0.15, -0.1) is 0 Å². The summed E-state index contributed by atoms with van der Waals surface area (Å²) in [5.74, 6) is 1.58. The van der Waals surface area contributed by atoms with E-state index in [9.17, 15) is 4.79 Å². The lowest BCUT2D eigenvalue weighted by atomic mass is 9.93. The van der Waals surface area contributed by atoms with Crippen molar-refractivity contribution in [3.8, 4) is 5.75 Å². The molecule has 2 aliphatic rings. The largest absolute Gasteiger partial charge is 0.453 e. The van der Waals surface area contributed by atoms with E-state index in [0.717, 1.165) is 23.7 Å². The molecule has 3 heteroatoms. The molecule has 1 heterocycles. The van der Waals surface area contributed by atoms with Crippen molar-refractivity contribution in [1.29, 1.82) is 0 Å². The van der Waals surface area contributed by atoms with Gasteiger partial charge in [0, 0.05) is 4.47 Å². The van der Waals surface area contributed by atoms with E-state index in [2.05, 4.69) is 28.1 Å². The number of ketones is 1. The van der Waals surface area contributed by atoms with Gasteiger partial charge < -0.3 is 4.74 Å². The van der Waals surface area contributed by atoms with E-state index in [0.29, 0.717) is 23.0 Å². The molecule has 0 radical (unpaired) electrons. The van der Waals surface area contributed by atoms with Gasteiger partial charge in [0.15, 0.2) is 5.76 Å². The smallest absolute Gasteiger partial charge is 0.231 e. The Kier molecular flexibility index (Phi) is 3.08. The van der Waals surface area contributed by atoms with Crippen molar-refractivity contribution in [2.75, 3.05) is 0 Å². The molecule has 0 saturated carbocycles. The normalized spacial score (nSPS) is 24.2. The Balaban J connectivity index is 1.87. The zero-order valence-electron chi connectivity index (χ0n) is 9.86. The van der Waals surface area contributed by atoms with Gasteiger partial charge >= 0.3 is 0 Å². The third kappa shape index (κ3) is 2.15. The second-order valence-corrected chi connectivity index (χ2v) is 5.56. The maximum Gasteiger partial charge on any atom is 0.231 e. The summed E-state index contributed by atoms with van der Waals surface area (Å²) in [6.45, 7) is 0. The highest BCUT2D eigenvalue weighted by molar-refractivity contribution is 9.10. The van der Waals surface area contributed by atoms with Crippen LogP contribution < -0.4 is 4.74 Å². The monoisotopic (exact) mass is 304 g/mol. The van der Waals surface area contributed by atoms with E-state index in [-0.39, 0.29) is 5.78 Å². The van der Waals surface area contributed by atoms with Gasteiger partial charge in [0.25, 0.3) is 0 Å². The maximum absolute atomic E-state index is 12.2. The first kappa shape index (κ1) is 11.7. The first-order valence-corrected chi connectivity index (χ1v) is 6.92. The molecule has 1 aliphatic carbocycles. The number of carbonyl (C=O) groups is 1. The molecule has 1 atom stereocenters. The second kappa shape index (κ2) is 4.73. The lowest BCUT2D eigenvalue weighted by molar-refractivity contribution is 0.101. The van der Waals surface area contributed by atoms with Crippen molar-refractivity contribution in [2.24, 2.45) is 5.92 Å². The quantitative estimate of drug-likeness (QED) is 0.572. The summed E-state index contributed by atoms with van der Waals surface area (Å²) in [5, 5.41) is 0. The van der Waals surface area contributed by atoms with Gasteiger partial charge in [0.2, 0.25) is 5.78 Å². The Bertz CT molecular complexity index is 558. The number of allylic oxidation sites excluding steroid dienone is 4. The van der Waals surface area contributed by atoms with E-state index in [1.807, 2.05) is 24.3 Å².